The molecule has 3 heterocycles. The summed E-state index contributed by atoms with van der Waals surface area (Å²) in [5, 5.41) is 0. The average Bonchev–Trinajstić information content (AvgIpc) is 3.28. The van der Waals surface area contributed by atoms with Gasteiger partial charge in [-0.05, 0) is 32.0 Å². The van der Waals surface area contributed by atoms with Gasteiger partial charge < -0.3 is 13.7 Å². The average molecular weight is 337 g/mol. The van der Waals surface area contributed by atoms with Gasteiger partial charge in [-0.25, -0.2) is 4.98 Å². The summed E-state index contributed by atoms with van der Waals surface area (Å²) in [5.74, 6) is 1.52. The number of hydrogen-bond donors (Lipinski definition) is 0. The Morgan fingerprint density at radius 2 is 2.00 bits per heavy atom. The van der Waals surface area contributed by atoms with Crippen LogP contribution in [0.15, 0.2) is 57.8 Å². The molecular formula is C20H23N3O2. The molecular weight excluding hydrogens is 314 g/mol. The zero-order valence-corrected chi connectivity index (χ0v) is 14.7. The fourth-order valence-electron chi connectivity index (χ4n) is 3.38. The summed E-state index contributed by atoms with van der Waals surface area (Å²) < 4.78 is 10.9. The van der Waals surface area contributed by atoms with Crippen LogP contribution in [0.3, 0.4) is 0 Å². The van der Waals surface area contributed by atoms with Gasteiger partial charge in [0.25, 0.3) is 0 Å². The second kappa shape index (κ2) is 6.76. The van der Waals surface area contributed by atoms with Crippen LogP contribution in [0.5, 0.6) is 0 Å². The first kappa shape index (κ1) is 16.0. The van der Waals surface area contributed by atoms with Crippen LogP contribution in [0, 0.1) is 6.92 Å². The van der Waals surface area contributed by atoms with Gasteiger partial charge in [0.2, 0.25) is 5.89 Å². The van der Waals surface area contributed by atoms with Gasteiger partial charge in [0.05, 0.1) is 17.5 Å². The SMILES string of the molecule is Cc1oc(-c2ccoc2)nc1CN1CCN(c2ccccc2)C[C@H]1C. The minimum atomic E-state index is 0.461. The number of oxazole rings is 1. The summed E-state index contributed by atoms with van der Waals surface area (Å²) in [6.45, 7) is 8.15. The molecule has 1 aliphatic heterocycles. The Morgan fingerprint density at radius 3 is 2.72 bits per heavy atom. The quantitative estimate of drug-likeness (QED) is 0.721. The topological polar surface area (TPSA) is 45.7 Å². The molecule has 25 heavy (non-hydrogen) atoms. The molecule has 1 saturated heterocycles. The van der Waals surface area contributed by atoms with Crippen molar-refractivity contribution in [2.75, 3.05) is 24.5 Å². The highest BCUT2D eigenvalue weighted by atomic mass is 16.4. The van der Waals surface area contributed by atoms with Gasteiger partial charge in [-0.1, -0.05) is 18.2 Å². The second-order valence-electron chi connectivity index (χ2n) is 6.63. The highest BCUT2D eigenvalue weighted by Gasteiger charge is 2.25. The number of anilines is 1. The predicted molar refractivity (Wildman–Crippen MR) is 97.5 cm³/mol. The second-order valence-corrected chi connectivity index (χ2v) is 6.63. The van der Waals surface area contributed by atoms with E-state index in [0.717, 1.165) is 43.2 Å². The van der Waals surface area contributed by atoms with Crippen molar-refractivity contribution in [3.05, 3.63) is 60.4 Å². The number of aromatic nitrogens is 1. The van der Waals surface area contributed by atoms with Gasteiger partial charge in [-0.2, -0.15) is 0 Å². The Kier molecular flexibility index (Phi) is 4.32. The highest BCUT2D eigenvalue weighted by molar-refractivity contribution is 5.51. The third-order valence-electron chi connectivity index (χ3n) is 4.90. The van der Waals surface area contributed by atoms with Gasteiger partial charge in [-0.15, -0.1) is 0 Å². The van der Waals surface area contributed by atoms with Crippen LogP contribution >= 0.6 is 0 Å². The van der Waals surface area contributed by atoms with E-state index in [-0.39, 0.29) is 0 Å². The van der Waals surface area contributed by atoms with Crippen molar-refractivity contribution >= 4 is 5.69 Å². The molecule has 0 unspecified atom stereocenters. The molecule has 1 atom stereocenters. The first-order valence-corrected chi connectivity index (χ1v) is 8.73. The molecule has 5 heteroatoms. The molecule has 5 nitrogen and oxygen atoms in total. The number of hydrogen-bond acceptors (Lipinski definition) is 5. The van der Waals surface area contributed by atoms with E-state index in [1.165, 1.54) is 5.69 Å². The molecule has 0 radical (unpaired) electrons. The summed E-state index contributed by atoms with van der Waals surface area (Å²) in [6.07, 6.45) is 3.30. The third kappa shape index (κ3) is 3.33. The van der Waals surface area contributed by atoms with Crippen LogP contribution in [0.2, 0.25) is 0 Å². The van der Waals surface area contributed by atoms with Crippen molar-refractivity contribution < 1.29 is 8.83 Å². The van der Waals surface area contributed by atoms with Crippen molar-refractivity contribution in [2.45, 2.75) is 26.4 Å². The largest absolute Gasteiger partial charge is 0.472 e. The van der Waals surface area contributed by atoms with Gasteiger partial charge in [0.1, 0.15) is 12.0 Å². The molecule has 4 rings (SSSR count). The first-order chi connectivity index (χ1) is 12.2. The molecule has 0 N–H and O–H groups in total. The van der Waals surface area contributed by atoms with Gasteiger partial charge in [-0.3, -0.25) is 4.90 Å². The lowest BCUT2D eigenvalue weighted by molar-refractivity contribution is 0.178. The number of para-hydroxylation sites is 1. The lowest BCUT2D eigenvalue weighted by atomic mass is 10.1. The highest BCUT2D eigenvalue weighted by Crippen LogP contribution is 2.25. The van der Waals surface area contributed by atoms with E-state index in [0.29, 0.717) is 11.9 Å². The van der Waals surface area contributed by atoms with Crippen molar-refractivity contribution in [2.24, 2.45) is 0 Å². The molecule has 130 valence electrons. The number of nitrogens with zero attached hydrogens (tertiary/aromatic N) is 3. The monoisotopic (exact) mass is 337 g/mol. The third-order valence-corrected chi connectivity index (χ3v) is 4.90. The summed E-state index contributed by atoms with van der Waals surface area (Å²) in [6, 6.07) is 13.0. The number of furan rings is 1. The summed E-state index contributed by atoms with van der Waals surface area (Å²) >= 11 is 0. The van der Waals surface area contributed by atoms with E-state index < -0.39 is 0 Å². The van der Waals surface area contributed by atoms with Crippen molar-refractivity contribution in [1.29, 1.82) is 0 Å². The number of benzene rings is 1. The van der Waals surface area contributed by atoms with Crippen molar-refractivity contribution in [1.82, 2.24) is 9.88 Å². The maximum Gasteiger partial charge on any atom is 0.229 e. The summed E-state index contributed by atoms with van der Waals surface area (Å²) in [7, 11) is 0. The van der Waals surface area contributed by atoms with E-state index >= 15 is 0 Å². The van der Waals surface area contributed by atoms with Crippen LogP contribution in [0.25, 0.3) is 11.5 Å². The Bertz CT molecular complexity index is 811. The molecule has 0 amide bonds. The Morgan fingerprint density at radius 1 is 1.16 bits per heavy atom. The van der Waals surface area contributed by atoms with Crippen molar-refractivity contribution in [3.63, 3.8) is 0 Å². The minimum Gasteiger partial charge on any atom is -0.472 e. The Hall–Kier alpha value is -2.53. The Balaban J connectivity index is 1.44. The van der Waals surface area contributed by atoms with Crippen LogP contribution in [0.4, 0.5) is 5.69 Å². The van der Waals surface area contributed by atoms with E-state index in [1.807, 2.05) is 13.0 Å². The summed E-state index contributed by atoms with van der Waals surface area (Å²) in [5.41, 5.74) is 3.20. The fourth-order valence-corrected chi connectivity index (χ4v) is 3.38. The molecule has 0 bridgehead atoms. The van der Waals surface area contributed by atoms with E-state index in [4.69, 9.17) is 8.83 Å². The number of aryl methyl sites for hydroxylation is 1. The number of rotatable bonds is 4. The molecule has 0 saturated carbocycles. The molecule has 1 fully saturated rings. The lowest BCUT2D eigenvalue weighted by Crippen LogP contribution is -2.51. The zero-order chi connectivity index (χ0) is 17.2. The summed E-state index contributed by atoms with van der Waals surface area (Å²) in [4.78, 5) is 9.60. The van der Waals surface area contributed by atoms with Gasteiger partial charge >= 0.3 is 0 Å². The van der Waals surface area contributed by atoms with Crippen LogP contribution in [-0.2, 0) is 6.54 Å². The van der Waals surface area contributed by atoms with Gasteiger partial charge in [0, 0.05) is 37.9 Å². The van der Waals surface area contributed by atoms with E-state index in [9.17, 15) is 0 Å². The standard InChI is InChI=1S/C20H23N3O2/c1-15-12-23(18-6-4-3-5-7-18)10-9-22(15)13-19-16(2)25-20(21-19)17-8-11-24-14-17/h3-8,11,14-15H,9-10,12-13H2,1-2H3/t15-/m1/s1. The van der Waals surface area contributed by atoms with Crippen LogP contribution in [-0.4, -0.2) is 35.6 Å². The Labute approximate surface area is 147 Å². The molecule has 3 aromatic rings. The minimum absolute atomic E-state index is 0.461. The van der Waals surface area contributed by atoms with E-state index in [1.54, 1.807) is 12.5 Å². The number of piperazine rings is 1. The first-order valence-electron chi connectivity index (χ1n) is 8.73. The smallest absolute Gasteiger partial charge is 0.229 e. The molecule has 0 aliphatic carbocycles. The lowest BCUT2D eigenvalue weighted by Gasteiger charge is -2.40. The van der Waals surface area contributed by atoms with Crippen LogP contribution in [0.1, 0.15) is 18.4 Å². The van der Waals surface area contributed by atoms with E-state index in [2.05, 4.69) is 52.0 Å². The van der Waals surface area contributed by atoms with Gasteiger partial charge in [0.15, 0.2) is 0 Å². The maximum atomic E-state index is 5.82. The van der Waals surface area contributed by atoms with Crippen molar-refractivity contribution in [3.8, 4) is 11.5 Å². The molecule has 1 aliphatic rings. The normalized spacial score (nSPS) is 18.6. The zero-order valence-electron chi connectivity index (χ0n) is 14.7. The molecule has 0 spiro atoms. The molecule has 2 aromatic heterocycles. The maximum absolute atomic E-state index is 5.82. The fraction of sp³-hybridized carbons (Fsp3) is 0.350. The predicted octanol–water partition coefficient (Wildman–Crippen LogP) is 3.95. The van der Waals surface area contributed by atoms with Crippen LogP contribution < -0.4 is 4.90 Å². The molecule has 1 aromatic carbocycles.